The average Bonchev–Trinajstić information content (AvgIpc) is 2.79. The number of rotatable bonds is 9. The van der Waals surface area contributed by atoms with E-state index in [1.165, 1.54) is 19.4 Å². The van der Waals surface area contributed by atoms with Crippen LogP contribution >= 0.6 is 11.6 Å². The monoisotopic (exact) mass is 470 g/mol. The van der Waals surface area contributed by atoms with Crippen LogP contribution in [-0.4, -0.2) is 23.2 Å². The third-order valence-electron chi connectivity index (χ3n) is 4.67. The van der Waals surface area contributed by atoms with Gasteiger partial charge in [0, 0.05) is 6.07 Å². The Morgan fingerprint density at radius 3 is 2.52 bits per heavy atom. The molecule has 0 bridgehead atoms. The second-order valence-electron chi connectivity index (χ2n) is 6.83. The van der Waals surface area contributed by atoms with E-state index in [1.807, 2.05) is 31.2 Å². The number of anilines is 1. The molecule has 0 aliphatic heterocycles. The molecule has 3 aromatic carbocycles. The van der Waals surface area contributed by atoms with Crippen LogP contribution in [0.2, 0.25) is 5.02 Å². The lowest BCUT2D eigenvalue weighted by Gasteiger charge is -2.14. The lowest BCUT2D eigenvalue weighted by Crippen LogP contribution is -2.01. The quantitative estimate of drug-likeness (QED) is 0.248. The molecule has 170 valence electrons. The summed E-state index contributed by atoms with van der Waals surface area (Å²) in [4.78, 5) is 20.6. The predicted molar refractivity (Wildman–Crippen MR) is 124 cm³/mol. The van der Waals surface area contributed by atoms with Gasteiger partial charge in [-0.15, -0.1) is 0 Å². The van der Waals surface area contributed by atoms with Gasteiger partial charge in [-0.3, -0.25) is 25.7 Å². The summed E-state index contributed by atoms with van der Waals surface area (Å²) in [5.74, 6) is 0.761. The molecule has 1 N–H and O–H groups in total. The van der Waals surface area contributed by atoms with Crippen LogP contribution in [-0.2, 0) is 6.61 Å². The van der Waals surface area contributed by atoms with Crippen LogP contribution in [0.4, 0.5) is 17.1 Å². The van der Waals surface area contributed by atoms with E-state index < -0.39 is 21.2 Å². The first-order chi connectivity index (χ1) is 15.8. The Hall–Kier alpha value is -4.18. The molecule has 0 unspecified atom stereocenters. The van der Waals surface area contributed by atoms with Crippen molar-refractivity contribution in [2.45, 2.75) is 13.5 Å². The highest BCUT2D eigenvalue weighted by atomic mass is 35.5. The van der Waals surface area contributed by atoms with Crippen molar-refractivity contribution in [2.24, 2.45) is 5.10 Å². The minimum absolute atomic E-state index is 0.00176. The molecule has 0 saturated heterocycles. The van der Waals surface area contributed by atoms with Crippen molar-refractivity contribution in [1.29, 1.82) is 0 Å². The number of non-ortho nitro benzene ring substituents is 1. The summed E-state index contributed by atoms with van der Waals surface area (Å²) in [6.07, 6.45) is 1.38. The van der Waals surface area contributed by atoms with Crippen LogP contribution in [0, 0.1) is 27.2 Å². The van der Waals surface area contributed by atoms with Gasteiger partial charge in [0.25, 0.3) is 5.69 Å². The molecule has 0 aliphatic rings. The molecular formula is C22H19ClN4O6. The summed E-state index contributed by atoms with van der Waals surface area (Å²) >= 11 is 6.39. The van der Waals surface area contributed by atoms with Crippen molar-refractivity contribution in [2.75, 3.05) is 12.5 Å². The van der Waals surface area contributed by atoms with Gasteiger partial charge in [-0.25, -0.2) is 0 Å². The number of nitrogens with zero attached hydrogens (tertiary/aromatic N) is 3. The summed E-state index contributed by atoms with van der Waals surface area (Å²) in [5.41, 5.74) is 4.29. The van der Waals surface area contributed by atoms with Crippen LogP contribution in [0.15, 0.2) is 59.7 Å². The Kier molecular flexibility index (Phi) is 7.42. The average molecular weight is 471 g/mol. The van der Waals surface area contributed by atoms with E-state index in [1.54, 1.807) is 12.1 Å². The second kappa shape index (κ2) is 10.4. The first-order valence-corrected chi connectivity index (χ1v) is 9.94. The zero-order valence-corrected chi connectivity index (χ0v) is 18.4. The van der Waals surface area contributed by atoms with Gasteiger partial charge in [0.15, 0.2) is 11.5 Å². The second-order valence-corrected chi connectivity index (χ2v) is 7.24. The maximum atomic E-state index is 11.2. The summed E-state index contributed by atoms with van der Waals surface area (Å²) in [6.45, 7) is 2.29. The Balaban J connectivity index is 1.78. The minimum atomic E-state index is -0.731. The van der Waals surface area contributed by atoms with E-state index in [0.29, 0.717) is 28.7 Å². The molecule has 33 heavy (non-hydrogen) atoms. The molecule has 0 fully saturated rings. The number of methoxy groups -OCH3 is 1. The highest BCUT2D eigenvalue weighted by Gasteiger charge is 2.19. The van der Waals surface area contributed by atoms with Crippen LogP contribution in [0.3, 0.4) is 0 Å². The first-order valence-electron chi connectivity index (χ1n) is 9.57. The number of benzene rings is 3. The standard InChI is InChI=1S/C22H19ClN4O6/c1-14-5-3-4-6-16(14)13-33-22-18(23)9-15(10-21(22)32-2)12-24-25-19-8-7-17(26(28)29)11-20(19)27(30)31/h3-12,25H,13H2,1-2H3/b24-12-. The molecule has 0 saturated carbocycles. The van der Waals surface area contributed by atoms with Gasteiger partial charge < -0.3 is 9.47 Å². The van der Waals surface area contributed by atoms with E-state index in [0.717, 1.165) is 23.3 Å². The van der Waals surface area contributed by atoms with Crippen molar-refractivity contribution in [3.8, 4) is 11.5 Å². The van der Waals surface area contributed by atoms with Gasteiger partial charge in [-0.05, 0) is 41.8 Å². The van der Waals surface area contributed by atoms with Crippen molar-refractivity contribution >= 4 is 34.9 Å². The molecule has 0 amide bonds. The molecule has 0 aromatic heterocycles. The number of aryl methyl sites for hydroxylation is 1. The Labute approximate surface area is 193 Å². The van der Waals surface area contributed by atoms with Gasteiger partial charge in [-0.1, -0.05) is 35.9 Å². The van der Waals surface area contributed by atoms with E-state index in [9.17, 15) is 20.2 Å². The largest absolute Gasteiger partial charge is 0.493 e. The van der Waals surface area contributed by atoms with Crippen LogP contribution in [0.5, 0.6) is 11.5 Å². The van der Waals surface area contributed by atoms with Gasteiger partial charge in [0.2, 0.25) is 0 Å². The lowest BCUT2D eigenvalue weighted by molar-refractivity contribution is -0.393. The highest BCUT2D eigenvalue weighted by molar-refractivity contribution is 6.32. The number of nitro groups is 2. The molecule has 11 heteroatoms. The molecule has 0 atom stereocenters. The van der Waals surface area contributed by atoms with Gasteiger partial charge in [-0.2, -0.15) is 5.10 Å². The van der Waals surface area contributed by atoms with E-state index in [4.69, 9.17) is 21.1 Å². The number of hydrogen-bond acceptors (Lipinski definition) is 8. The molecule has 10 nitrogen and oxygen atoms in total. The molecule has 3 rings (SSSR count). The number of hydrazone groups is 1. The minimum Gasteiger partial charge on any atom is -0.493 e. The Morgan fingerprint density at radius 1 is 1.09 bits per heavy atom. The Bertz CT molecular complexity index is 1230. The van der Waals surface area contributed by atoms with Crippen LogP contribution in [0.25, 0.3) is 0 Å². The fourth-order valence-corrected chi connectivity index (χ4v) is 3.21. The SMILES string of the molecule is COc1cc(/C=N\Nc2ccc([N+](=O)[O-])cc2[N+](=O)[O-])cc(Cl)c1OCc1ccccc1C. The van der Waals surface area contributed by atoms with Gasteiger partial charge in [0.1, 0.15) is 12.3 Å². The van der Waals surface area contributed by atoms with Crippen LogP contribution in [0.1, 0.15) is 16.7 Å². The number of nitrogens with one attached hydrogen (secondary N) is 1. The fraction of sp³-hybridized carbons (Fsp3) is 0.136. The lowest BCUT2D eigenvalue weighted by atomic mass is 10.1. The molecular weight excluding hydrogens is 452 g/mol. The Morgan fingerprint density at radius 2 is 1.85 bits per heavy atom. The zero-order chi connectivity index (χ0) is 24.0. The maximum Gasteiger partial charge on any atom is 0.301 e. The summed E-state index contributed by atoms with van der Waals surface area (Å²) in [6, 6.07) is 14.3. The van der Waals surface area contributed by atoms with Gasteiger partial charge >= 0.3 is 5.69 Å². The van der Waals surface area contributed by atoms with Crippen molar-refractivity contribution in [3.63, 3.8) is 0 Å². The van der Waals surface area contributed by atoms with Crippen molar-refractivity contribution in [3.05, 3.63) is 96.5 Å². The molecule has 0 radical (unpaired) electrons. The maximum absolute atomic E-state index is 11.2. The number of halogens is 1. The molecule has 3 aromatic rings. The van der Waals surface area contributed by atoms with Crippen molar-refractivity contribution in [1.82, 2.24) is 0 Å². The molecule has 0 aliphatic carbocycles. The van der Waals surface area contributed by atoms with E-state index >= 15 is 0 Å². The molecule has 0 heterocycles. The molecule has 0 spiro atoms. The predicted octanol–water partition coefficient (Wildman–Crippen LogP) is 5.50. The van der Waals surface area contributed by atoms with Gasteiger partial charge in [0.05, 0.1) is 34.3 Å². The number of nitro benzene ring substituents is 2. The highest BCUT2D eigenvalue weighted by Crippen LogP contribution is 2.37. The third-order valence-corrected chi connectivity index (χ3v) is 4.95. The smallest absolute Gasteiger partial charge is 0.301 e. The normalized spacial score (nSPS) is 10.8. The van der Waals surface area contributed by atoms with E-state index in [-0.39, 0.29) is 5.69 Å². The zero-order valence-electron chi connectivity index (χ0n) is 17.6. The van der Waals surface area contributed by atoms with Crippen molar-refractivity contribution < 1.29 is 19.3 Å². The number of hydrogen-bond donors (Lipinski definition) is 1. The summed E-state index contributed by atoms with van der Waals surface area (Å²) < 4.78 is 11.3. The summed E-state index contributed by atoms with van der Waals surface area (Å²) in [7, 11) is 1.48. The first kappa shape index (κ1) is 23.5. The topological polar surface area (TPSA) is 129 Å². The van der Waals surface area contributed by atoms with E-state index in [2.05, 4.69) is 10.5 Å². The van der Waals surface area contributed by atoms with Crippen LogP contribution < -0.4 is 14.9 Å². The third kappa shape index (κ3) is 5.74. The number of ether oxygens (including phenoxy) is 2. The fourth-order valence-electron chi connectivity index (χ4n) is 2.93. The summed E-state index contributed by atoms with van der Waals surface area (Å²) in [5, 5.41) is 26.3.